The molecule has 2 heterocycles. The van der Waals surface area contributed by atoms with Crippen LogP contribution in [-0.2, 0) is 24.4 Å². The zero-order valence-corrected chi connectivity index (χ0v) is 26.4. The van der Waals surface area contributed by atoms with Crippen molar-refractivity contribution in [1.29, 1.82) is 0 Å². The minimum Gasteiger partial charge on any atom is -0.457 e. The fourth-order valence-corrected chi connectivity index (χ4v) is 9.19. The van der Waals surface area contributed by atoms with Crippen molar-refractivity contribution in [3.05, 3.63) is 151 Å². The van der Waals surface area contributed by atoms with Crippen molar-refractivity contribution in [1.82, 2.24) is 5.32 Å². The first-order chi connectivity index (χ1) is 21.2. The van der Waals surface area contributed by atoms with E-state index in [-0.39, 0.29) is 12.6 Å². The third-order valence-electron chi connectivity index (χ3n) is 7.37. The normalized spacial score (nSPS) is 14.3. The number of benzene rings is 5. The minimum absolute atomic E-state index is 0.215. The van der Waals surface area contributed by atoms with E-state index in [1.54, 1.807) is 47.0 Å². The Kier molecular flexibility index (Phi) is 8.68. The highest BCUT2D eigenvalue weighted by atomic mass is 32.2. The molecular formula is C36H27NO2S4. The number of hydrogen-bond donors (Lipinski definition) is 1. The van der Waals surface area contributed by atoms with Crippen molar-refractivity contribution in [2.75, 3.05) is 0 Å². The van der Waals surface area contributed by atoms with Gasteiger partial charge in [-0.3, -0.25) is 0 Å². The second-order valence-electron chi connectivity index (χ2n) is 10.1. The van der Waals surface area contributed by atoms with E-state index in [4.69, 9.17) is 4.74 Å². The largest absolute Gasteiger partial charge is 0.457 e. The molecule has 0 amide bonds. The number of nitrogens with one attached hydrogen (secondary N) is 1. The zero-order chi connectivity index (χ0) is 29.0. The number of carbonyl (C=O) groups excluding carboxylic acids is 1. The summed E-state index contributed by atoms with van der Waals surface area (Å²) in [6.45, 7) is 1.75. The number of ether oxygens (including phenoxy) is 1. The van der Waals surface area contributed by atoms with Gasteiger partial charge in [0.2, 0.25) is 0 Å². The topological polar surface area (TPSA) is 38.3 Å². The number of esters is 1. The molecule has 0 radical (unpaired) electrons. The van der Waals surface area contributed by atoms with Crippen LogP contribution in [-0.4, -0.2) is 5.97 Å². The van der Waals surface area contributed by atoms with E-state index in [9.17, 15) is 4.79 Å². The highest BCUT2D eigenvalue weighted by Gasteiger charge is 2.16. The van der Waals surface area contributed by atoms with Gasteiger partial charge in [-0.25, -0.2) is 4.79 Å². The first kappa shape index (κ1) is 28.4. The van der Waals surface area contributed by atoms with Gasteiger partial charge in [-0.1, -0.05) is 126 Å². The monoisotopic (exact) mass is 633 g/mol. The molecule has 0 spiro atoms. The van der Waals surface area contributed by atoms with Crippen LogP contribution in [0.4, 0.5) is 0 Å². The van der Waals surface area contributed by atoms with Crippen LogP contribution in [0.15, 0.2) is 119 Å². The molecule has 1 N–H and O–H groups in total. The molecule has 5 aromatic rings. The van der Waals surface area contributed by atoms with Crippen molar-refractivity contribution in [3.63, 3.8) is 0 Å². The Morgan fingerprint density at radius 2 is 1.07 bits per heavy atom. The molecule has 0 bridgehead atoms. The van der Waals surface area contributed by atoms with Gasteiger partial charge in [-0.15, -0.1) is 0 Å². The minimum atomic E-state index is -0.316. The van der Waals surface area contributed by atoms with Gasteiger partial charge >= 0.3 is 5.97 Å². The molecule has 43 heavy (non-hydrogen) atoms. The predicted molar refractivity (Wildman–Crippen MR) is 189 cm³/mol. The van der Waals surface area contributed by atoms with Crippen LogP contribution in [0.1, 0.15) is 27.0 Å². The molecule has 0 atom stereocenters. The summed E-state index contributed by atoms with van der Waals surface area (Å²) < 4.78 is 8.38. The van der Waals surface area contributed by atoms with Crippen LogP contribution in [0, 0.1) is 0 Å². The van der Waals surface area contributed by atoms with Crippen LogP contribution < -0.4 is 15.8 Å². The Morgan fingerprint density at radius 3 is 1.70 bits per heavy atom. The summed E-state index contributed by atoms with van der Waals surface area (Å²) in [5.74, 6) is -0.316. The summed E-state index contributed by atoms with van der Waals surface area (Å²) in [6.07, 6.45) is 0. The summed E-state index contributed by atoms with van der Waals surface area (Å²) in [4.78, 5) is 13.0. The van der Waals surface area contributed by atoms with Crippen LogP contribution >= 0.6 is 47.0 Å². The first-order valence-corrected chi connectivity index (χ1v) is 17.5. The molecular weight excluding hydrogens is 607 g/mol. The highest BCUT2D eigenvalue weighted by Crippen LogP contribution is 2.41. The molecule has 2 aliphatic heterocycles. The van der Waals surface area contributed by atoms with E-state index in [0.717, 1.165) is 24.2 Å². The Bertz CT molecular complexity index is 2000. The molecule has 7 heteroatoms. The number of hydrogen-bond acceptors (Lipinski definition) is 7. The maximum atomic E-state index is 13.0. The molecule has 0 aliphatic carbocycles. The Hall–Kier alpha value is -3.33. The molecule has 212 valence electrons. The van der Waals surface area contributed by atoms with Crippen molar-refractivity contribution in [3.8, 4) is 0 Å². The maximum absolute atomic E-state index is 13.0. The summed E-state index contributed by atoms with van der Waals surface area (Å²) in [7, 11) is 0. The Balaban J connectivity index is 1.14. The Labute approximate surface area is 267 Å². The highest BCUT2D eigenvalue weighted by molar-refractivity contribution is 8.35. The number of carbonyl (C=O) groups is 1. The van der Waals surface area contributed by atoms with Crippen LogP contribution in [0.2, 0.25) is 0 Å². The summed E-state index contributed by atoms with van der Waals surface area (Å²) in [6, 6.07) is 33.2. The van der Waals surface area contributed by atoms with Gasteiger partial charge in [-0.05, 0) is 78.1 Å². The molecule has 5 aromatic carbocycles. The van der Waals surface area contributed by atoms with Gasteiger partial charge in [-0.2, -0.15) is 0 Å². The molecule has 2 aliphatic rings. The van der Waals surface area contributed by atoms with Crippen molar-refractivity contribution >= 4 is 83.0 Å². The lowest BCUT2D eigenvalue weighted by Gasteiger charge is -2.13. The van der Waals surface area contributed by atoms with Gasteiger partial charge < -0.3 is 10.1 Å². The van der Waals surface area contributed by atoms with Gasteiger partial charge in [0, 0.05) is 23.5 Å². The molecule has 3 nitrogen and oxygen atoms in total. The molecule has 0 aromatic heterocycles. The summed E-state index contributed by atoms with van der Waals surface area (Å²) in [5, 5.41) is 19.5. The fourth-order valence-electron chi connectivity index (χ4n) is 5.34. The van der Waals surface area contributed by atoms with Gasteiger partial charge in [0.15, 0.2) is 0 Å². The number of thioether (sulfide) groups is 4. The zero-order valence-electron chi connectivity index (χ0n) is 23.1. The second-order valence-corrected chi connectivity index (χ2v) is 14.3. The van der Waals surface area contributed by atoms with Crippen LogP contribution in [0.25, 0.3) is 30.0 Å². The lowest BCUT2D eigenvalue weighted by molar-refractivity contribution is 0.0473. The average Bonchev–Trinajstić information content (AvgIpc) is 3.79. The molecule has 7 rings (SSSR count). The lowest BCUT2D eigenvalue weighted by Crippen LogP contribution is -2.17. The van der Waals surface area contributed by atoms with E-state index in [1.165, 1.54) is 46.0 Å². The molecule has 0 fully saturated rings. The van der Waals surface area contributed by atoms with E-state index in [0.29, 0.717) is 5.56 Å². The summed E-state index contributed by atoms with van der Waals surface area (Å²) in [5.41, 5.74) is 3.90. The standard InChI is InChI=1S/C36H27NO2S4/c38-34(27-13-10-25(11-14-27)22-37-21-24-6-2-1-3-7-24)39-23-26-12-15-30-31(20-26)33(36-42-18-19-43-36)29-9-5-4-8-28(29)32(30)35-40-16-17-41-35/h1-20,37H,21-23H2. The van der Waals surface area contributed by atoms with Crippen molar-refractivity contribution < 1.29 is 9.53 Å². The van der Waals surface area contributed by atoms with E-state index < -0.39 is 0 Å². The Morgan fingerprint density at radius 1 is 0.558 bits per heavy atom. The van der Waals surface area contributed by atoms with Crippen molar-refractivity contribution in [2.24, 2.45) is 0 Å². The molecule has 0 saturated carbocycles. The first-order valence-electron chi connectivity index (χ1n) is 13.9. The smallest absolute Gasteiger partial charge is 0.338 e. The number of rotatable bonds is 7. The van der Waals surface area contributed by atoms with E-state index in [2.05, 4.69) is 81.5 Å². The number of fused-ring (bicyclic) bond motifs is 2. The van der Waals surface area contributed by atoms with Gasteiger partial charge in [0.25, 0.3) is 0 Å². The fraction of sp³-hybridized carbons (Fsp3) is 0.0833. The molecule has 0 saturated heterocycles. The predicted octanol–water partition coefficient (Wildman–Crippen LogP) is 8.67. The molecule has 0 unspecified atom stereocenters. The van der Waals surface area contributed by atoms with Gasteiger partial charge in [0.1, 0.15) is 6.61 Å². The van der Waals surface area contributed by atoms with Crippen LogP contribution in [0.3, 0.4) is 0 Å². The third kappa shape index (κ3) is 6.19. The quantitative estimate of drug-likeness (QED) is 0.142. The van der Waals surface area contributed by atoms with Gasteiger partial charge in [0.05, 0.1) is 14.0 Å². The lowest BCUT2D eigenvalue weighted by atomic mass is 9.97. The third-order valence-corrected chi connectivity index (χ3v) is 11.6. The van der Waals surface area contributed by atoms with Crippen LogP contribution in [0.5, 0.6) is 0 Å². The summed E-state index contributed by atoms with van der Waals surface area (Å²) >= 11 is 7.10. The second kappa shape index (κ2) is 13.1. The maximum Gasteiger partial charge on any atom is 0.338 e. The average molecular weight is 634 g/mol. The van der Waals surface area contributed by atoms with E-state index in [1.807, 2.05) is 42.5 Å². The van der Waals surface area contributed by atoms with E-state index >= 15 is 0 Å². The SMILES string of the molecule is O=C(OCc1ccc2c(=C3SC=CS3)c3ccccc3c(=C3SC=CS3)c2c1)c1ccc(CNCc2ccccc2)cc1. The van der Waals surface area contributed by atoms with Crippen molar-refractivity contribution in [2.45, 2.75) is 19.7 Å².